The number of pyridine rings is 1. The Labute approximate surface area is 113 Å². The highest BCUT2D eigenvalue weighted by Crippen LogP contribution is 2.07. The molecule has 0 fully saturated rings. The zero-order valence-corrected chi connectivity index (χ0v) is 11.5. The molecule has 0 saturated carbocycles. The van der Waals surface area contributed by atoms with Crippen LogP contribution in [0, 0.1) is 13.8 Å². The number of nitrogens with zero attached hydrogens (tertiary/aromatic N) is 1. The second kappa shape index (κ2) is 8.28. The van der Waals surface area contributed by atoms with Gasteiger partial charge in [0.05, 0.1) is 0 Å². The number of nitrogens with two attached hydrogens (primary N) is 1. The molecule has 0 spiro atoms. The number of hydrogen-bond acceptors (Lipinski definition) is 3. The molecule has 4 nitrogen and oxygen atoms in total. The fraction of sp³-hybridized carbons (Fsp3) is 0.455. The van der Waals surface area contributed by atoms with Crippen molar-refractivity contribution in [1.82, 2.24) is 4.98 Å². The van der Waals surface area contributed by atoms with Crippen LogP contribution in [0.5, 0.6) is 0 Å². The summed E-state index contributed by atoms with van der Waals surface area (Å²) in [6.45, 7) is 3.92. The highest BCUT2D eigenvalue weighted by molar-refractivity contribution is 5.85. The summed E-state index contributed by atoms with van der Waals surface area (Å²) in [5.74, 6) is -0.959. The molecule has 1 rings (SSSR count). The largest absolute Gasteiger partial charge is 0.480 e. The SMILES string of the molecule is Cc1cc(C)nc(CCC(N)C(=O)O)c1.Cl.Cl. The summed E-state index contributed by atoms with van der Waals surface area (Å²) in [4.78, 5) is 14.8. The van der Waals surface area contributed by atoms with Gasteiger partial charge in [-0.05, 0) is 44.4 Å². The average molecular weight is 281 g/mol. The summed E-state index contributed by atoms with van der Waals surface area (Å²) in [7, 11) is 0. The van der Waals surface area contributed by atoms with Crippen LogP contribution in [0.1, 0.15) is 23.4 Å². The van der Waals surface area contributed by atoms with Crippen LogP contribution >= 0.6 is 24.8 Å². The lowest BCUT2D eigenvalue weighted by Crippen LogP contribution is -2.30. The van der Waals surface area contributed by atoms with Crippen molar-refractivity contribution >= 4 is 30.8 Å². The van der Waals surface area contributed by atoms with Gasteiger partial charge in [0.2, 0.25) is 0 Å². The van der Waals surface area contributed by atoms with Crippen molar-refractivity contribution in [3.8, 4) is 0 Å². The standard InChI is InChI=1S/C11H16N2O2.2ClH/c1-7-5-8(2)13-9(6-7)3-4-10(12)11(14)15;;/h5-6,10H,3-4,12H2,1-2H3,(H,14,15);2*1H. The van der Waals surface area contributed by atoms with Crippen LogP contribution in [-0.4, -0.2) is 22.1 Å². The summed E-state index contributed by atoms with van der Waals surface area (Å²) in [5.41, 5.74) is 8.41. The lowest BCUT2D eigenvalue weighted by molar-refractivity contribution is -0.138. The van der Waals surface area contributed by atoms with E-state index in [1.165, 1.54) is 0 Å². The maximum atomic E-state index is 10.5. The van der Waals surface area contributed by atoms with Crippen LogP contribution in [0.4, 0.5) is 0 Å². The lowest BCUT2D eigenvalue weighted by atomic mass is 10.1. The Morgan fingerprint density at radius 1 is 1.41 bits per heavy atom. The Balaban J connectivity index is 0. The van der Waals surface area contributed by atoms with E-state index in [-0.39, 0.29) is 24.8 Å². The van der Waals surface area contributed by atoms with Gasteiger partial charge in [0.25, 0.3) is 0 Å². The Hall–Kier alpha value is -0.840. The number of halogens is 2. The van der Waals surface area contributed by atoms with E-state index in [1.54, 1.807) is 0 Å². The molecule has 0 amide bonds. The van der Waals surface area contributed by atoms with E-state index in [0.29, 0.717) is 12.8 Å². The fourth-order valence-corrected chi connectivity index (χ4v) is 1.48. The molecule has 0 bridgehead atoms. The van der Waals surface area contributed by atoms with Crippen molar-refractivity contribution in [3.05, 3.63) is 29.1 Å². The van der Waals surface area contributed by atoms with Gasteiger partial charge in [-0.2, -0.15) is 0 Å². The van der Waals surface area contributed by atoms with Gasteiger partial charge in [-0.25, -0.2) is 0 Å². The van der Waals surface area contributed by atoms with Crippen LogP contribution < -0.4 is 5.73 Å². The molecule has 1 heterocycles. The van der Waals surface area contributed by atoms with E-state index in [0.717, 1.165) is 17.0 Å². The van der Waals surface area contributed by atoms with Crippen molar-refractivity contribution in [3.63, 3.8) is 0 Å². The minimum Gasteiger partial charge on any atom is -0.480 e. The van der Waals surface area contributed by atoms with Gasteiger partial charge in [0.15, 0.2) is 0 Å². The smallest absolute Gasteiger partial charge is 0.320 e. The molecule has 0 radical (unpaired) electrons. The van der Waals surface area contributed by atoms with E-state index >= 15 is 0 Å². The molecule has 17 heavy (non-hydrogen) atoms. The summed E-state index contributed by atoms with van der Waals surface area (Å²) >= 11 is 0. The number of carbonyl (C=O) groups is 1. The Morgan fingerprint density at radius 2 is 2.00 bits per heavy atom. The number of carboxylic acids is 1. The second-order valence-electron chi connectivity index (χ2n) is 3.76. The van der Waals surface area contributed by atoms with Crippen LogP contribution in [0.2, 0.25) is 0 Å². The van der Waals surface area contributed by atoms with Gasteiger partial charge in [0, 0.05) is 11.4 Å². The number of rotatable bonds is 4. The topological polar surface area (TPSA) is 76.2 Å². The van der Waals surface area contributed by atoms with Crippen LogP contribution in [0.3, 0.4) is 0 Å². The van der Waals surface area contributed by atoms with Crippen LogP contribution in [0.25, 0.3) is 0 Å². The highest BCUT2D eigenvalue weighted by atomic mass is 35.5. The first-order valence-electron chi connectivity index (χ1n) is 4.91. The van der Waals surface area contributed by atoms with Crippen molar-refractivity contribution in [2.75, 3.05) is 0 Å². The normalized spacial score (nSPS) is 11.0. The lowest BCUT2D eigenvalue weighted by Gasteiger charge is -2.07. The van der Waals surface area contributed by atoms with Gasteiger partial charge in [-0.15, -0.1) is 24.8 Å². The minimum absolute atomic E-state index is 0. The van der Waals surface area contributed by atoms with E-state index in [2.05, 4.69) is 4.98 Å². The van der Waals surface area contributed by atoms with Gasteiger partial charge in [-0.3, -0.25) is 9.78 Å². The second-order valence-corrected chi connectivity index (χ2v) is 3.76. The van der Waals surface area contributed by atoms with Crippen molar-refractivity contribution in [2.45, 2.75) is 32.7 Å². The van der Waals surface area contributed by atoms with Gasteiger partial charge in [-0.1, -0.05) is 0 Å². The first-order chi connectivity index (χ1) is 6.99. The minimum atomic E-state index is -0.959. The highest BCUT2D eigenvalue weighted by Gasteiger charge is 2.11. The molecule has 98 valence electrons. The van der Waals surface area contributed by atoms with E-state index in [4.69, 9.17) is 10.8 Å². The molecule has 0 aliphatic carbocycles. The third-order valence-corrected chi connectivity index (χ3v) is 2.18. The summed E-state index contributed by atoms with van der Waals surface area (Å²) in [6, 6.07) is 3.15. The third kappa shape index (κ3) is 6.46. The molecule has 0 saturated heterocycles. The number of carboxylic acid groups (broad SMARTS) is 1. The first kappa shape index (κ1) is 18.5. The van der Waals surface area contributed by atoms with E-state index in [1.807, 2.05) is 26.0 Å². The van der Waals surface area contributed by atoms with Crippen molar-refractivity contribution in [2.24, 2.45) is 5.73 Å². The Bertz CT molecular complexity index is 352. The zero-order valence-electron chi connectivity index (χ0n) is 9.84. The molecular formula is C11H18Cl2N2O2. The summed E-state index contributed by atoms with van der Waals surface area (Å²) in [5, 5.41) is 8.62. The van der Waals surface area contributed by atoms with Gasteiger partial charge in [0.1, 0.15) is 6.04 Å². The maximum Gasteiger partial charge on any atom is 0.320 e. The van der Waals surface area contributed by atoms with E-state index in [9.17, 15) is 4.79 Å². The Kier molecular flexibility index (Phi) is 9.02. The van der Waals surface area contributed by atoms with Gasteiger partial charge < -0.3 is 10.8 Å². The summed E-state index contributed by atoms with van der Waals surface area (Å²) in [6.07, 6.45) is 1.03. The zero-order chi connectivity index (χ0) is 11.4. The summed E-state index contributed by atoms with van der Waals surface area (Å²) < 4.78 is 0. The number of aromatic nitrogens is 1. The Morgan fingerprint density at radius 3 is 2.47 bits per heavy atom. The van der Waals surface area contributed by atoms with E-state index < -0.39 is 12.0 Å². The quantitative estimate of drug-likeness (QED) is 0.883. The van der Waals surface area contributed by atoms with Gasteiger partial charge >= 0.3 is 5.97 Å². The number of aryl methyl sites for hydroxylation is 3. The average Bonchev–Trinajstić information content (AvgIpc) is 2.12. The molecule has 1 aromatic rings. The first-order valence-corrected chi connectivity index (χ1v) is 4.91. The van der Waals surface area contributed by atoms with Crippen LogP contribution in [0.15, 0.2) is 12.1 Å². The molecule has 0 aliphatic heterocycles. The number of hydrogen-bond donors (Lipinski definition) is 2. The molecule has 6 heteroatoms. The predicted octanol–water partition coefficient (Wildman–Crippen LogP) is 1.89. The predicted molar refractivity (Wildman–Crippen MR) is 72.1 cm³/mol. The molecule has 3 N–H and O–H groups in total. The monoisotopic (exact) mass is 280 g/mol. The van der Waals surface area contributed by atoms with Crippen molar-refractivity contribution < 1.29 is 9.90 Å². The molecule has 1 atom stereocenters. The number of aliphatic carboxylic acids is 1. The molecule has 0 aromatic carbocycles. The fourth-order valence-electron chi connectivity index (χ4n) is 1.48. The third-order valence-electron chi connectivity index (χ3n) is 2.18. The molecule has 0 aliphatic rings. The van der Waals surface area contributed by atoms with Crippen LogP contribution in [-0.2, 0) is 11.2 Å². The molecular weight excluding hydrogens is 263 g/mol. The molecule has 1 unspecified atom stereocenters. The maximum absolute atomic E-state index is 10.5. The molecule has 1 aromatic heterocycles. The van der Waals surface area contributed by atoms with Crippen molar-refractivity contribution in [1.29, 1.82) is 0 Å².